The van der Waals surface area contributed by atoms with Crippen molar-refractivity contribution < 1.29 is 0 Å². The van der Waals surface area contributed by atoms with Gasteiger partial charge in [-0.15, -0.1) is 11.8 Å². The molecular formula is C15H29NS. The van der Waals surface area contributed by atoms with Gasteiger partial charge in [-0.2, -0.15) is 0 Å². The molecule has 1 N–H and O–H groups in total. The second-order valence-corrected chi connectivity index (χ2v) is 6.71. The SMILES string of the molecule is C/C=C1\C(C)CC(C)NC(CCC)SC1CC. The van der Waals surface area contributed by atoms with Gasteiger partial charge in [0.05, 0.1) is 5.37 Å². The van der Waals surface area contributed by atoms with Gasteiger partial charge in [0, 0.05) is 11.3 Å². The first-order valence-corrected chi connectivity index (χ1v) is 8.14. The molecule has 17 heavy (non-hydrogen) atoms. The lowest BCUT2D eigenvalue weighted by molar-refractivity contribution is 0.421. The first-order chi connectivity index (χ1) is 8.12. The van der Waals surface area contributed by atoms with E-state index in [0.29, 0.717) is 16.7 Å². The Bertz CT molecular complexity index is 249. The summed E-state index contributed by atoms with van der Waals surface area (Å²) in [6, 6.07) is 0.641. The predicted octanol–water partition coefficient (Wildman–Crippen LogP) is 4.59. The molecule has 0 spiro atoms. The van der Waals surface area contributed by atoms with Gasteiger partial charge in [-0.25, -0.2) is 0 Å². The molecule has 1 fully saturated rings. The van der Waals surface area contributed by atoms with E-state index in [1.54, 1.807) is 5.57 Å². The molecule has 1 heterocycles. The molecule has 100 valence electrons. The molecule has 0 aromatic carbocycles. The van der Waals surface area contributed by atoms with E-state index < -0.39 is 0 Å². The Morgan fingerprint density at radius 2 is 2.06 bits per heavy atom. The van der Waals surface area contributed by atoms with Crippen LogP contribution in [-0.2, 0) is 0 Å². The van der Waals surface area contributed by atoms with Crippen molar-refractivity contribution in [2.24, 2.45) is 5.92 Å². The van der Waals surface area contributed by atoms with Crippen LogP contribution in [0.1, 0.15) is 60.3 Å². The Kier molecular flexibility index (Phi) is 6.65. The van der Waals surface area contributed by atoms with Crippen molar-refractivity contribution in [3.05, 3.63) is 11.6 Å². The van der Waals surface area contributed by atoms with Gasteiger partial charge in [0.25, 0.3) is 0 Å². The van der Waals surface area contributed by atoms with E-state index in [4.69, 9.17) is 0 Å². The molecule has 1 aliphatic heterocycles. The third-order valence-electron chi connectivity index (χ3n) is 3.70. The van der Waals surface area contributed by atoms with Crippen molar-refractivity contribution in [2.75, 3.05) is 0 Å². The van der Waals surface area contributed by atoms with E-state index >= 15 is 0 Å². The molecule has 0 radical (unpaired) electrons. The summed E-state index contributed by atoms with van der Waals surface area (Å²) in [6.45, 7) is 11.5. The van der Waals surface area contributed by atoms with Gasteiger partial charge in [0.2, 0.25) is 0 Å². The molecule has 1 aliphatic rings. The van der Waals surface area contributed by atoms with Crippen LogP contribution >= 0.6 is 11.8 Å². The van der Waals surface area contributed by atoms with Crippen LogP contribution in [-0.4, -0.2) is 16.7 Å². The Balaban J connectivity index is 2.80. The van der Waals surface area contributed by atoms with Crippen LogP contribution in [0.25, 0.3) is 0 Å². The van der Waals surface area contributed by atoms with Gasteiger partial charge in [-0.1, -0.05) is 38.8 Å². The number of rotatable bonds is 3. The molecule has 1 saturated heterocycles. The summed E-state index contributed by atoms with van der Waals surface area (Å²) in [5.41, 5.74) is 1.67. The number of nitrogens with one attached hydrogen (secondary N) is 1. The van der Waals surface area contributed by atoms with Crippen molar-refractivity contribution in [1.82, 2.24) is 5.32 Å². The van der Waals surface area contributed by atoms with Gasteiger partial charge >= 0.3 is 0 Å². The van der Waals surface area contributed by atoms with Crippen LogP contribution in [0.3, 0.4) is 0 Å². The number of hydrogen-bond donors (Lipinski definition) is 1. The fourth-order valence-electron chi connectivity index (χ4n) is 2.90. The highest BCUT2D eigenvalue weighted by molar-refractivity contribution is 8.00. The molecule has 0 amide bonds. The standard InChI is InChI=1S/C15H29NS/c1-6-9-15-16-12(5)10-11(4)13(7-2)14(8-3)17-15/h7,11-12,14-16H,6,8-10H2,1-5H3/b13-7+. The maximum atomic E-state index is 3.79. The summed E-state index contributed by atoms with van der Waals surface area (Å²) in [7, 11) is 0. The Labute approximate surface area is 112 Å². The summed E-state index contributed by atoms with van der Waals surface area (Å²) in [6.07, 6.45) is 7.46. The van der Waals surface area contributed by atoms with Crippen LogP contribution in [0.15, 0.2) is 11.6 Å². The maximum absolute atomic E-state index is 3.79. The normalized spacial score (nSPS) is 37.8. The molecular weight excluding hydrogens is 226 g/mol. The summed E-state index contributed by atoms with van der Waals surface area (Å²) in [5, 5.41) is 5.15. The van der Waals surface area contributed by atoms with Crippen LogP contribution in [0.5, 0.6) is 0 Å². The van der Waals surface area contributed by atoms with E-state index in [9.17, 15) is 0 Å². The smallest absolute Gasteiger partial charge is 0.0540 e. The summed E-state index contributed by atoms with van der Waals surface area (Å²) >= 11 is 2.15. The highest BCUT2D eigenvalue weighted by atomic mass is 32.2. The van der Waals surface area contributed by atoms with E-state index in [1.807, 2.05) is 0 Å². The zero-order valence-electron chi connectivity index (χ0n) is 12.1. The van der Waals surface area contributed by atoms with Crippen molar-refractivity contribution in [3.63, 3.8) is 0 Å². The van der Waals surface area contributed by atoms with Gasteiger partial charge < -0.3 is 5.32 Å². The van der Waals surface area contributed by atoms with Crippen molar-refractivity contribution in [1.29, 1.82) is 0 Å². The zero-order valence-corrected chi connectivity index (χ0v) is 12.9. The van der Waals surface area contributed by atoms with Crippen LogP contribution < -0.4 is 5.32 Å². The first-order valence-electron chi connectivity index (χ1n) is 7.19. The molecule has 1 nitrogen and oxygen atoms in total. The minimum Gasteiger partial charge on any atom is -0.303 e. The fourth-order valence-corrected chi connectivity index (χ4v) is 4.70. The number of allylic oxidation sites excluding steroid dienone is 1. The molecule has 0 aliphatic carbocycles. The predicted molar refractivity (Wildman–Crippen MR) is 80.5 cm³/mol. The molecule has 0 aromatic heterocycles. The molecule has 4 unspecified atom stereocenters. The highest BCUT2D eigenvalue weighted by Crippen LogP contribution is 2.35. The quantitative estimate of drug-likeness (QED) is 0.740. The van der Waals surface area contributed by atoms with Gasteiger partial charge in [0.15, 0.2) is 0 Å². The highest BCUT2D eigenvalue weighted by Gasteiger charge is 2.27. The van der Waals surface area contributed by atoms with E-state index in [1.165, 1.54) is 25.7 Å². The van der Waals surface area contributed by atoms with E-state index in [0.717, 1.165) is 5.92 Å². The second-order valence-electron chi connectivity index (χ2n) is 5.30. The Hall–Kier alpha value is 0.0500. The van der Waals surface area contributed by atoms with Crippen molar-refractivity contribution in [2.45, 2.75) is 77.0 Å². The second kappa shape index (κ2) is 7.48. The molecule has 4 atom stereocenters. The molecule has 0 saturated carbocycles. The van der Waals surface area contributed by atoms with Crippen molar-refractivity contribution in [3.8, 4) is 0 Å². The topological polar surface area (TPSA) is 12.0 Å². The third-order valence-corrected chi connectivity index (χ3v) is 5.34. The monoisotopic (exact) mass is 255 g/mol. The van der Waals surface area contributed by atoms with Gasteiger partial charge in [-0.05, 0) is 39.0 Å². The Morgan fingerprint density at radius 1 is 1.35 bits per heavy atom. The van der Waals surface area contributed by atoms with Crippen LogP contribution in [0.4, 0.5) is 0 Å². The summed E-state index contributed by atoms with van der Waals surface area (Å²) in [4.78, 5) is 0. The summed E-state index contributed by atoms with van der Waals surface area (Å²) < 4.78 is 0. The van der Waals surface area contributed by atoms with Crippen molar-refractivity contribution >= 4 is 11.8 Å². The lowest BCUT2D eigenvalue weighted by Gasteiger charge is -2.35. The molecule has 1 rings (SSSR count). The van der Waals surface area contributed by atoms with Gasteiger partial charge in [-0.3, -0.25) is 0 Å². The minimum atomic E-state index is 0.641. The molecule has 0 aromatic rings. The van der Waals surface area contributed by atoms with Gasteiger partial charge in [0.1, 0.15) is 0 Å². The van der Waals surface area contributed by atoms with Crippen LogP contribution in [0.2, 0.25) is 0 Å². The lowest BCUT2D eigenvalue weighted by Crippen LogP contribution is -2.39. The van der Waals surface area contributed by atoms with E-state index in [2.05, 4.69) is 57.8 Å². The largest absolute Gasteiger partial charge is 0.303 e. The number of thioether (sulfide) groups is 1. The average Bonchev–Trinajstić information content (AvgIpc) is 2.26. The lowest BCUT2D eigenvalue weighted by atomic mass is 9.90. The minimum absolute atomic E-state index is 0.641. The van der Waals surface area contributed by atoms with E-state index in [-0.39, 0.29) is 0 Å². The maximum Gasteiger partial charge on any atom is 0.0540 e. The third kappa shape index (κ3) is 4.33. The van der Waals surface area contributed by atoms with Crippen LogP contribution in [0, 0.1) is 5.92 Å². The number of hydrogen-bond acceptors (Lipinski definition) is 2. The Morgan fingerprint density at radius 3 is 2.59 bits per heavy atom. The molecule has 2 heteroatoms. The summed E-state index contributed by atoms with van der Waals surface area (Å²) in [5.74, 6) is 0.725. The molecule has 0 bridgehead atoms. The zero-order chi connectivity index (χ0) is 12.8. The average molecular weight is 255 g/mol. The first kappa shape index (κ1) is 15.1. The fraction of sp³-hybridized carbons (Fsp3) is 0.867.